The Bertz CT molecular complexity index is 300. The van der Waals surface area contributed by atoms with Gasteiger partial charge in [-0.2, -0.15) is 0 Å². The molecule has 2 rings (SSSR count). The summed E-state index contributed by atoms with van der Waals surface area (Å²) in [5.74, 6) is 0.901. The standard InChI is InChI=1S/C14H21N/c1-12-5-2-3-7-14(12)9-8-13-6-4-10-15-11-13/h2-3,5,7,13,15H,4,6,8-11H2,1H3/t13-/m0/s1. The van der Waals surface area contributed by atoms with Crippen molar-refractivity contribution in [2.45, 2.75) is 32.6 Å². The Morgan fingerprint density at radius 2 is 2.20 bits per heavy atom. The Labute approximate surface area is 92.9 Å². The van der Waals surface area contributed by atoms with Gasteiger partial charge in [-0.05, 0) is 62.7 Å². The molecule has 0 saturated carbocycles. The van der Waals surface area contributed by atoms with Crippen molar-refractivity contribution in [2.75, 3.05) is 13.1 Å². The van der Waals surface area contributed by atoms with Gasteiger partial charge in [-0.3, -0.25) is 0 Å². The predicted octanol–water partition coefficient (Wildman–Crippen LogP) is 2.93. The summed E-state index contributed by atoms with van der Waals surface area (Å²) in [5, 5.41) is 3.49. The number of rotatable bonds is 3. The highest BCUT2D eigenvalue weighted by Gasteiger charge is 2.12. The van der Waals surface area contributed by atoms with Crippen molar-refractivity contribution < 1.29 is 0 Å². The smallest absolute Gasteiger partial charge is 0.00204 e. The fourth-order valence-electron chi connectivity index (χ4n) is 2.42. The summed E-state index contributed by atoms with van der Waals surface area (Å²) in [7, 11) is 0. The lowest BCUT2D eigenvalue weighted by molar-refractivity contribution is 0.358. The van der Waals surface area contributed by atoms with E-state index in [1.54, 1.807) is 0 Å². The van der Waals surface area contributed by atoms with E-state index >= 15 is 0 Å². The van der Waals surface area contributed by atoms with Gasteiger partial charge in [0.15, 0.2) is 0 Å². The number of piperidine rings is 1. The third-order valence-corrected chi connectivity index (χ3v) is 3.48. The molecule has 0 bridgehead atoms. The summed E-state index contributed by atoms with van der Waals surface area (Å²) < 4.78 is 0. The second-order valence-corrected chi connectivity index (χ2v) is 4.68. The third-order valence-electron chi connectivity index (χ3n) is 3.48. The molecule has 1 fully saturated rings. The highest BCUT2D eigenvalue weighted by atomic mass is 14.9. The monoisotopic (exact) mass is 203 g/mol. The van der Waals surface area contributed by atoms with Crippen molar-refractivity contribution in [3.63, 3.8) is 0 Å². The number of nitrogens with one attached hydrogen (secondary N) is 1. The van der Waals surface area contributed by atoms with Crippen molar-refractivity contribution in [1.82, 2.24) is 5.32 Å². The van der Waals surface area contributed by atoms with Crippen LogP contribution in [0.15, 0.2) is 24.3 Å². The minimum atomic E-state index is 0.901. The maximum atomic E-state index is 3.49. The van der Waals surface area contributed by atoms with Crippen LogP contribution in [-0.4, -0.2) is 13.1 Å². The van der Waals surface area contributed by atoms with Crippen molar-refractivity contribution in [1.29, 1.82) is 0 Å². The lowest BCUT2D eigenvalue weighted by Crippen LogP contribution is -2.29. The fourth-order valence-corrected chi connectivity index (χ4v) is 2.42. The summed E-state index contributed by atoms with van der Waals surface area (Å²) in [4.78, 5) is 0. The zero-order valence-electron chi connectivity index (χ0n) is 9.63. The van der Waals surface area contributed by atoms with E-state index in [4.69, 9.17) is 0 Å². The Hall–Kier alpha value is -0.820. The second kappa shape index (κ2) is 5.32. The molecule has 0 unspecified atom stereocenters. The molecule has 1 saturated heterocycles. The maximum Gasteiger partial charge on any atom is -0.00204 e. The molecule has 1 heteroatoms. The van der Waals surface area contributed by atoms with E-state index in [2.05, 4.69) is 36.5 Å². The van der Waals surface area contributed by atoms with Crippen molar-refractivity contribution in [3.05, 3.63) is 35.4 Å². The summed E-state index contributed by atoms with van der Waals surface area (Å²) in [6.45, 7) is 4.67. The number of benzene rings is 1. The number of hydrogen-bond acceptors (Lipinski definition) is 1. The van der Waals surface area contributed by atoms with E-state index in [9.17, 15) is 0 Å². The normalized spacial score (nSPS) is 21.5. The first-order valence-corrected chi connectivity index (χ1v) is 6.11. The van der Waals surface area contributed by atoms with Gasteiger partial charge in [-0.25, -0.2) is 0 Å². The van der Waals surface area contributed by atoms with E-state index in [0.29, 0.717) is 0 Å². The van der Waals surface area contributed by atoms with E-state index < -0.39 is 0 Å². The molecular formula is C14H21N. The summed E-state index contributed by atoms with van der Waals surface area (Å²) in [6, 6.07) is 8.77. The maximum absolute atomic E-state index is 3.49. The molecule has 1 aliphatic rings. The zero-order chi connectivity index (χ0) is 10.5. The van der Waals surface area contributed by atoms with Crippen LogP contribution >= 0.6 is 0 Å². The molecule has 1 aromatic rings. The minimum absolute atomic E-state index is 0.901. The second-order valence-electron chi connectivity index (χ2n) is 4.68. The average Bonchev–Trinajstić information content (AvgIpc) is 2.29. The van der Waals surface area contributed by atoms with Gasteiger partial charge in [0.05, 0.1) is 0 Å². The van der Waals surface area contributed by atoms with Crippen LogP contribution in [0.5, 0.6) is 0 Å². The Kier molecular flexibility index (Phi) is 3.79. The molecule has 0 amide bonds. The fraction of sp³-hybridized carbons (Fsp3) is 0.571. The number of hydrogen-bond donors (Lipinski definition) is 1. The van der Waals surface area contributed by atoms with Gasteiger partial charge in [0.2, 0.25) is 0 Å². The van der Waals surface area contributed by atoms with Gasteiger partial charge in [0.1, 0.15) is 0 Å². The van der Waals surface area contributed by atoms with Gasteiger partial charge in [-0.15, -0.1) is 0 Å². The topological polar surface area (TPSA) is 12.0 Å². The van der Waals surface area contributed by atoms with Crippen LogP contribution in [0.25, 0.3) is 0 Å². The molecule has 1 heterocycles. The average molecular weight is 203 g/mol. The van der Waals surface area contributed by atoms with Gasteiger partial charge >= 0.3 is 0 Å². The molecule has 0 aliphatic carbocycles. The molecule has 0 aromatic heterocycles. The molecule has 1 aliphatic heterocycles. The molecule has 15 heavy (non-hydrogen) atoms. The van der Waals surface area contributed by atoms with E-state index in [-0.39, 0.29) is 0 Å². The summed E-state index contributed by atoms with van der Waals surface area (Å²) in [5.41, 5.74) is 2.98. The van der Waals surface area contributed by atoms with Crippen LogP contribution in [0, 0.1) is 12.8 Å². The van der Waals surface area contributed by atoms with Crippen LogP contribution < -0.4 is 5.32 Å². The van der Waals surface area contributed by atoms with Crippen LogP contribution in [0.2, 0.25) is 0 Å². The first-order valence-electron chi connectivity index (χ1n) is 6.11. The molecule has 1 N–H and O–H groups in total. The molecule has 82 valence electrons. The largest absolute Gasteiger partial charge is 0.316 e. The lowest BCUT2D eigenvalue weighted by atomic mass is 9.92. The third kappa shape index (κ3) is 3.07. The molecule has 0 radical (unpaired) electrons. The van der Waals surface area contributed by atoms with Gasteiger partial charge < -0.3 is 5.32 Å². The van der Waals surface area contributed by atoms with Crippen LogP contribution in [0.1, 0.15) is 30.4 Å². The molecule has 1 nitrogen and oxygen atoms in total. The lowest BCUT2D eigenvalue weighted by Gasteiger charge is -2.22. The van der Waals surface area contributed by atoms with Gasteiger partial charge in [-0.1, -0.05) is 24.3 Å². The first kappa shape index (κ1) is 10.7. The first-order chi connectivity index (χ1) is 7.36. The quantitative estimate of drug-likeness (QED) is 0.796. The highest BCUT2D eigenvalue weighted by Crippen LogP contribution is 2.18. The van der Waals surface area contributed by atoms with Gasteiger partial charge in [0, 0.05) is 0 Å². The van der Waals surface area contributed by atoms with E-state index in [1.807, 2.05) is 0 Å². The molecular weight excluding hydrogens is 182 g/mol. The highest BCUT2D eigenvalue weighted by molar-refractivity contribution is 5.25. The Morgan fingerprint density at radius 1 is 1.33 bits per heavy atom. The zero-order valence-corrected chi connectivity index (χ0v) is 9.63. The molecule has 1 atom stereocenters. The van der Waals surface area contributed by atoms with Crippen molar-refractivity contribution >= 4 is 0 Å². The van der Waals surface area contributed by atoms with Gasteiger partial charge in [0.25, 0.3) is 0 Å². The van der Waals surface area contributed by atoms with Crippen molar-refractivity contribution in [3.8, 4) is 0 Å². The predicted molar refractivity (Wildman–Crippen MR) is 65.1 cm³/mol. The van der Waals surface area contributed by atoms with Crippen LogP contribution in [0.4, 0.5) is 0 Å². The summed E-state index contributed by atoms with van der Waals surface area (Å²) in [6.07, 6.45) is 5.37. The van der Waals surface area contributed by atoms with E-state index in [0.717, 1.165) is 5.92 Å². The SMILES string of the molecule is Cc1ccccc1CC[C@@H]1CCCNC1. The number of aryl methyl sites for hydroxylation is 2. The van der Waals surface area contributed by atoms with Crippen LogP contribution in [0.3, 0.4) is 0 Å². The Balaban J connectivity index is 1.84. The van der Waals surface area contributed by atoms with Crippen LogP contribution in [-0.2, 0) is 6.42 Å². The molecule has 0 spiro atoms. The molecule has 1 aromatic carbocycles. The minimum Gasteiger partial charge on any atom is -0.316 e. The van der Waals surface area contributed by atoms with Crippen molar-refractivity contribution in [2.24, 2.45) is 5.92 Å². The summed E-state index contributed by atoms with van der Waals surface area (Å²) >= 11 is 0. The van der Waals surface area contributed by atoms with E-state index in [1.165, 1.54) is 49.9 Å². The Morgan fingerprint density at radius 3 is 2.93 bits per heavy atom.